The number of ether oxygens (including phenoxy) is 1. The molecule has 2 rings (SSSR count). The summed E-state index contributed by atoms with van der Waals surface area (Å²) in [5.41, 5.74) is 1.73. The third-order valence-corrected chi connectivity index (χ3v) is 3.45. The number of carbonyl (C=O) groups is 1. The predicted molar refractivity (Wildman–Crippen MR) is 89.1 cm³/mol. The second-order valence-corrected chi connectivity index (χ2v) is 5.23. The molecule has 1 aromatic carbocycles. The summed E-state index contributed by atoms with van der Waals surface area (Å²) >= 11 is 5.94. The van der Waals surface area contributed by atoms with Crippen molar-refractivity contribution in [2.75, 3.05) is 25.4 Å². The van der Waals surface area contributed by atoms with Crippen LogP contribution in [0.5, 0.6) is 0 Å². The normalized spacial score (nSPS) is 10.7. The lowest BCUT2D eigenvalue weighted by Gasteiger charge is -2.22. The van der Waals surface area contributed by atoms with Gasteiger partial charge in [0.2, 0.25) is 0 Å². The third kappa shape index (κ3) is 3.65. The molecule has 124 valence electrons. The molecule has 0 unspecified atom stereocenters. The minimum atomic E-state index is -0.440. The zero-order valence-corrected chi connectivity index (χ0v) is 14.4. The Kier molecular flexibility index (Phi) is 5.63. The highest BCUT2D eigenvalue weighted by atomic mass is 35.5. The molecule has 0 spiro atoms. The van der Waals surface area contributed by atoms with Gasteiger partial charge in [-0.3, -0.25) is 4.84 Å². The molecule has 0 N–H and O–H groups in total. The summed E-state index contributed by atoms with van der Waals surface area (Å²) in [6.07, 6.45) is 0. The van der Waals surface area contributed by atoms with Gasteiger partial charge < -0.3 is 4.74 Å². The molecule has 0 saturated carbocycles. The van der Waals surface area contributed by atoms with Crippen molar-refractivity contribution >= 4 is 17.6 Å². The highest BCUT2D eigenvalue weighted by molar-refractivity contribution is 6.30. The van der Waals surface area contributed by atoms with Crippen LogP contribution in [0.2, 0.25) is 5.02 Å². The Balaban J connectivity index is 2.59. The molecule has 0 saturated heterocycles. The van der Waals surface area contributed by atoms with Crippen LogP contribution in [0.25, 0.3) is 11.4 Å². The van der Waals surface area contributed by atoms with Crippen LogP contribution >= 0.6 is 11.6 Å². The number of benzene rings is 1. The number of carbonyl (C=O) groups excluding carboxylic acids is 1. The van der Waals surface area contributed by atoms with E-state index in [1.165, 1.54) is 5.17 Å². The predicted octanol–water partition coefficient (Wildman–Crippen LogP) is 3.21. The van der Waals surface area contributed by atoms with E-state index < -0.39 is 5.97 Å². The van der Waals surface area contributed by atoms with Gasteiger partial charge in [-0.2, -0.15) is 5.17 Å². The average Bonchev–Trinajstić information content (AvgIpc) is 2.86. The number of aromatic nitrogens is 2. The van der Waals surface area contributed by atoms with Crippen molar-refractivity contribution in [3.63, 3.8) is 0 Å². The molecule has 0 atom stereocenters. The van der Waals surface area contributed by atoms with Gasteiger partial charge in [0, 0.05) is 10.6 Å². The summed E-state index contributed by atoms with van der Waals surface area (Å²) in [6, 6.07) is 7.23. The van der Waals surface area contributed by atoms with Crippen LogP contribution in [0.3, 0.4) is 0 Å². The van der Waals surface area contributed by atoms with Gasteiger partial charge in [0.1, 0.15) is 0 Å². The number of hydrogen-bond acceptors (Lipinski definition) is 5. The quantitative estimate of drug-likeness (QED) is 0.598. The van der Waals surface area contributed by atoms with Crippen LogP contribution in [0.1, 0.15) is 30.0 Å². The fraction of sp³-hybridized carbons (Fsp3) is 0.375. The van der Waals surface area contributed by atoms with Crippen LogP contribution in [0.4, 0.5) is 0 Å². The molecule has 0 fully saturated rings. The zero-order chi connectivity index (χ0) is 17.0. The van der Waals surface area contributed by atoms with Crippen molar-refractivity contribution in [2.45, 2.75) is 20.8 Å². The lowest BCUT2D eigenvalue weighted by Crippen LogP contribution is -2.34. The van der Waals surface area contributed by atoms with Crippen LogP contribution in [0, 0.1) is 6.92 Å². The second kappa shape index (κ2) is 7.48. The Bertz CT molecular complexity index is 683. The topological polar surface area (TPSA) is 56.6 Å². The molecule has 1 aromatic heterocycles. The molecule has 0 radical (unpaired) electrons. The number of imidazole rings is 1. The fourth-order valence-corrected chi connectivity index (χ4v) is 2.38. The van der Waals surface area contributed by atoms with E-state index in [2.05, 4.69) is 4.98 Å². The van der Waals surface area contributed by atoms with Crippen molar-refractivity contribution in [2.24, 2.45) is 0 Å². The Labute approximate surface area is 140 Å². The lowest BCUT2D eigenvalue weighted by molar-refractivity contribution is 0.0465. The molecule has 2 aromatic rings. The van der Waals surface area contributed by atoms with Crippen molar-refractivity contribution in [1.29, 1.82) is 0 Å². The van der Waals surface area contributed by atoms with Gasteiger partial charge in [-0.05, 0) is 45.0 Å². The molecule has 0 aliphatic heterocycles. The maximum absolute atomic E-state index is 12.3. The van der Waals surface area contributed by atoms with Crippen molar-refractivity contribution in [1.82, 2.24) is 9.66 Å². The zero-order valence-electron chi connectivity index (χ0n) is 13.7. The summed E-state index contributed by atoms with van der Waals surface area (Å²) in [7, 11) is 1.72. The first-order valence-electron chi connectivity index (χ1n) is 7.38. The maximum Gasteiger partial charge on any atom is 0.358 e. The van der Waals surface area contributed by atoms with Crippen molar-refractivity contribution in [3.05, 3.63) is 40.7 Å². The Morgan fingerprint density at radius 1 is 1.26 bits per heavy atom. The highest BCUT2D eigenvalue weighted by Crippen LogP contribution is 2.25. The molecule has 6 nitrogen and oxygen atoms in total. The van der Waals surface area contributed by atoms with E-state index >= 15 is 0 Å². The minimum absolute atomic E-state index is 0.290. The molecule has 0 aliphatic rings. The number of esters is 1. The summed E-state index contributed by atoms with van der Waals surface area (Å²) < 4.78 is 6.75. The van der Waals surface area contributed by atoms with E-state index in [1.807, 2.05) is 19.1 Å². The number of hydroxylamine groups is 1. The van der Waals surface area contributed by atoms with Gasteiger partial charge in [-0.1, -0.05) is 11.6 Å². The van der Waals surface area contributed by atoms with Gasteiger partial charge in [-0.15, -0.1) is 0 Å². The second-order valence-electron chi connectivity index (χ2n) is 4.79. The van der Waals surface area contributed by atoms with Crippen LogP contribution in [-0.4, -0.2) is 35.9 Å². The molecule has 23 heavy (non-hydrogen) atoms. The van der Waals surface area contributed by atoms with Crippen LogP contribution in [0.15, 0.2) is 24.3 Å². The van der Waals surface area contributed by atoms with Gasteiger partial charge in [0.25, 0.3) is 0 Å². The number of hydrogen-bond donors (Lipinski definition) is 0. The van der Waals surface area contributed by atoms with Gasteiger partial charge in [-0.25, -0.2) is 14.5 Å². The smallest absolute Gasteiger partial charge is 0.358 e. The lowest BCUT2D eigenvalue weighted by atomic mass is 10.2. The first-order chi connectivity index (χ1) is 11.0. The van der Waals surface area contributed by atoms with E-state index in [0.29, 0.717) is 28.8 Å². The SMILES string of the molecule is CCOC(=O)c1c(C)nc(-c2ccc(Cl)cc2)n1N(C)OCC. The fourth-order valence-electron chi connectivity index (χ4n) is 2.26. The van der Waals surface area contributed by atoms with E-state index in [1.54, 1.807) is 37.7 Å². The Hall–Kier alpha value is -2.05. The summed E-state index contributed by atoms with van der Waals surface area (Å²) in [5.74, 6) is 0.141. The largest absolute Gasteiger partial charge is 0.461 e. The number of halogens is 1. The molecule has 0 amide bonds. The van der Waals surface area contributed by atoms with Crippen molar-refractivity contribution < 1.29 is 14.4 Å². The number of nitrogens with zero attached hydrogens (tertiary/aromatic N) is 3. The minimum Gasteiger partial charge on any atom is -0.461 e. The molecule has 0 bridgehead atoms. The monoisotopic (exact) mass is 337 g/mol. The number of aryl methyl sites for hydroxylation is 1. The standard InChI is InChI=1S/C16H20ClN3O3/c1-5-22-16(21)14-11(3)18-15(20(14)19(4)23-6-2)12-7-9-13(17)10-8-12/h7-10H,5-6H2,1-4H3. The molecule has 0 aliphatic carbocycles. The molecule has 1 heterocycles. The van der Waals surface area contributed by atoms with Gasteiger partial charge in [0.05, 0.1) is 26.0 Å². The third-order valence-electron chi connectivity index (χ3n) is 3.20. The average molecular weight is 338 g/mol. The molecular formula is C16H20ClN3O3. The first kappa shape index (κ1) is 17.3. The molecule has 7 heteroatoms. The number of rotatable bonds is 6. The van der Waals surface area contributed by atoms with E-state index in [0.717, 1.165) is 5.56 Å². The van der Waals surface area contributed by atoms with Gasteiger partial charge in [0.15, 0.2) is 11.5 Å². The van der Waals surface area contributed by atoms with E-state index in [9.17, 15) is 4.79 Å². The Morgan fingerprint density at radius 2 is 1.91 bits per heavy atom. The van der Waals surface area contributed by atoms with Crippen molar-refractivity contribution in [3.8, 4) is 11.4 Å². The maximum atomic E-state index is 12.3. The Morgan fingerprint density at radius 3 is 2.48 bits per heavy atom. The van der Waals surface area contributed by atoms with E-state index in [4.69, 9.17) is 21.2 Å². The summed E-state index contributed by atoms with van der Waals surface area (Å²) in [6.45, 7) is 6.14. The first-order valence-corrected chi connectivity index (χ1v) is 7.76. The summed E-state index contributed by atoms with van der Waals surface area (Å²) in [5, 5.41) is 2.11. The summed E-state index contributed by atoms with van der Waals surface area (Å²) in [4.78, 5) is 22.3. The highest BCUT2D eigenvalue weighted by Gasteiger charge is 2.25. The van der Waals surface area contributed by atoms with Crippen LogP contribution in [-0.2, 0) is 9.57 Å². The van der Waals surface area contributed by atoms with Gasteiger partial charge >= 0.3 is 5.97 Å². The van der Waals surface area contributed by atoms with E-state index in [-0.39, 0.29) is 6.61 Å². The van der Waals surface area contributed by atoms with Crippen LogP contribution < -0.4 is 5.17 Å². The molecular weight excluding hydrogens is 318 g/mol.